The molecule has 0 radical (unpaired) electrons. The normalized spacial score (nSPS) is 17.1. The molecule has 0 spiro atoms. The number of hydrogen-bond acceptors (Lipinski definition) is 5. The molecule has 0 unspecified atom stereocenters. The smallest absolute Gasteiger partial charge is 0.135 e. The van der Waals surface area contributed by atoms with Gasteiger partial charge in [-0.05, 0) is 30.9 Å². The average molecular weight is 394 g/mol. The van der Waals surface area contributed by atoms with Gasteiger partial charge in [-0.2, -0.15) is 0 Å². The summed E-state index contributed by atoms with van der Waals surface area (Å²) in [5, 5.41) is 6.53. The minimum atomic E-state index is 0.794. The Kier molecular flexibility index (Phi) is 4.57. The first kappa shape index (κ1) is 17.7. The highest BCUT2D eigenvalue weighted by Crippen LogP contribution is 2.36. The van der Waals surface area contributed by atoms with Gasteiger partial charge in [-0.25, -0.2) is 9.97 Å². The monoisotopic (exact) mass is 393 g/mol. The summed E-state index contributed by atoms with van der Waals surface area (Å²) >= 11 is 6.57. The van der Waals surface area contributed by atoms with E-state index in [9.17, 15) is 0 Å². The lowest BCUT2D eigenvalue weighted by Gasteiger charge is -2.35. The molecule has 5 nitrogen and oxygen atoms in total. The summed E-state index contributed by atoms with van der Waals surface area (Å²) in [6.45, 7) is 7.78. The van der Waals surface area contributed by atoms with Crippen molar-refractivity contribution >= 4 is 33.9 Å². The zero-order valence-corrected chi connectivity index (χ0v) is 16.8. The lowest BCUT2D eigenvalue weighted by atomic mass is 10.0. The molecule has 6 heteroatoms. The van der Waals surface area contributed by atoms with Crippen molar-refractivity contribution < 1.29 is 0 Å². The fourth-order valence-electron chi connectivity index (χ4n) is 4.41. The quantitative estimate of drug-likeness (QED) is 0.721. The van der Waals surface area contributed by atoms with Crippen molar-refractivity contribution in [3.63, 3.8) is 0 Å². The molecule has 2 aliphatic rings. The molecule has 0 aliphatic carbocycles. The zero-order chi connectivity index (χ0) is 19.1. The number of rotatable bonds is 2. The summed E-state index contributed by atoms with van der Waals surface area (Å²) in [7, 11) is 0. The Balaban J connectivity index is 1.54. The summed E-state index contributed by atoms with van der Waals surface area (Å²) in [6.07, 6.45) is 0.954. The van der Waals surface area contributed by atoms with Crippen molar-refractivity contribution in [1.82, 2.24) is 15.3 Å². The number of anilines is 2. The topological polar surface area (TPSA) is 44.3 Å². The van der Waals surface area contributed by atoms with Gasteiger partial charge in [0, 0.05) is 49.4 Å². The van der Waals surface area contributed by atoms with Crippen molar-refractivity contribution in [2.24, 2.45) is 0 Å². The molecule has 1 aromatic heterocycles. The van der Waals surface area contributed by atoms with Crippen LogP contribution in [0.4, 0.5) is 11.5 Å². The third-order valence-electron chi connectivity index (χ3n) is 5.74. The number of nitrogens with zero attached hydrogens (tertiary/aromatic N) is 4. The van der Waals surface area contributed by atoms with Gasteiger partial charge in [0.05, 0.1) is 17.3 Å². The number of piperazine rings is 1. The number of benzene rings is 2. The summed E-state index contributed by atoms with van der Waals surface area (Å²) in [4.78, 5) is 14.5. The van der Waals surface area contributed by atoms with E-state index in [2.05, 4.69) is 39.4 Å². The molecule has 3 heterocycles. The van der Waals surface area contributed by atoms with E-state index in [4.69, 9.17) is 21.6 Å². The van der Waals surface area contributed by atoms with Gasteiger partial charge in [0.25, 0.3) is 0 Å². The molecule has 28 heavy (non-hydrogen) atoms. The van der Waals surface area contributed by atoms with Gasteiger partial charge in [-0.3, -0.25) is 0 Å². The third kappa shape index (κ3) is 3.09. The van der Waals surface area contributed by atoms with Crippen molar-refractivity contribution in [2.75, 3.05) is 42.5 Å². The number of aromatic nitrogens is 2. The second kappa shape index (κ2) is 7.22. The van der Waals surface area contributed by atoms with Gasteiger partial charge < -0.3 is 15.1 Å². The van der Waals surface area contributed by atoms with E-state index in [1.54, 1.807) is 0 Å². The third-order valence-corrected chi connectivity index (χ3v) is 6.06. The minimum Gasteiger partial charge on any atom is -0.365 e. The van der Waals surface area contributed by atoms with Crippen LogP contribution in [0.25, 0.3) is 10.8 Å². The first-order valence-corrected chi connectivity index (χ1v) is 10.3. The predicted octanol–water partition coefficient (Wildman–Crippen LogP) is 3.56. The molecular formula is C22H24ClN5. The summed E-state index contributed by atoms with van der Waals surface area (Å²) in [6, 6.07) is 12.5. The number of hydrogen-bond donors (Lipinski definition) is 1. The molecular weight excluding hydrogens is 370 g/mol. The predicted molar refractivity (Wildman–Crippen MR) is 116 cm³/mol. The summed E-state index contributed by atoms with van der Waals surface area (Å²) in [5.74, 6) is 1.99. The van der Waals surface area contributed by atoms with Gasteiger partial charge in [-0.1, -0.05) is 35.9 Å². The van der Waals surface area contributed by atoms with Crippen LogP contribution >= 0.6 is 11.6 Å². The molecule has 1 N–H and O–H groups in total. The van der Waals surface area contributed by atoms with Gasteiger partial charge in [0.15, 0.2) is 0 Å². The molecule has 2 aromatic carbocycles. The maximum Gasteiger partial charge on any atom is 0.135 e. The lowest BCUT2D eigenvalue weighted by molar-refractivity contribution is 0.578. The van der Waals surface area contributed by atoms with E-state index in [0.29, 0.717) is 0 Å². The maximum absolute atomic E-state index is 6.57. The Labute approximate surface area is 170 Å². The number of halogens is 1. The number of fused-ring (bicyclic) bond motifs is 2. The van der Waals surface area contributed by atoms with Crippen molar-refractivity contribution in [3.8, 4) is 0 Å². The molecule has 2 aliphatic heterocycles. The Hall–Kier alpha value is -2.37. The van der Waals surface area contributed by atoms with Crippen LogP contribution in [0.1, 0.15) is 17.1 Å². The minimum absolute atomic E-state index is 0.794. The van der Waals surface area contributed by atoms with E-state index in [0.717, 1.165) is 73.4 Å². The number of nitrogens with one attached hydrogen (secondary N) is 1. The van der Waals surface area contributed by atoms with Crippen molar-refractivity contribution in [1.29, 1.82) is 0 Å². The second-order valence-electron chi connectivity index (χ2n) is 7.54. The highest BCUT2D eigenvalue weighted by atomic mass is 35.5. The van der Waals surface area contributed by atoms with Crippen molar-refractivity contribution in [3.05, 3.63) is 58.5 Å². The standard InChI is InChI=1S/C22H24ClN5/c1-15-25-19-14-28(20-7-3-5-16-4-2-6-18(23)21(16)20)11-8-17(19)22(26-15)27-12-9-24-10-13-27/h2-7,24H,8-14H2,1H3. The highest BCUT2D eigenvalue weighted by Gasteiger charge is 2.26. The second-order valence-corrected chi connectivity index (χ2v) is 7.95. The average Bonchev–Trinajstić information content (AvgIpc) is 2.73. The van der Waals surface area contributed by atoms with E-state index in [1.165, 1.54) is 16.6 Å². The Bertz CT molecular complexity index is 1020. The van der Waals surface area contributed by atoms with Crippen LogP contribution in [0.15, 0.2) is 36.4 Å². The van der Waals surface area contributed by atoms with Crippen LogP contribution in [0.2, 0.25) is 5.02 Å². The van der Waals surface area contributed by atoms with Crippen LogP contribution < -0.4 is 15.1 Å². The summed E-state index contributed by atoms with van der Waals surface area (Å²) in [5.41, 5.74) is 3.65. The molecule has 0 bridgehead atoms. The van der Waals surface area contributed by atoms with Crippen LogP contribution in [0.5, 0.6) is 0 Å². The highest BCUT2D eigenvalue weighted by molar-refractivity contribution is 6.36. The van der Waals surface area contributed by atoms with Gasteiger partial charge >= 0.3 is 0 Å². The van der Waals surface area contributed by atoms with Crippen LogP contribution in [-0.4, -0.2) is 42.7 Å². The SMILES string of the molecule is Cc1nc2c(c(N3CCNCC3)n1)CCN(c1cccc3cccc(Cl)c13)C2. The van der Waals surface area contributed by atoms with Crippen LogP contribution in [0.3, 0.4) is 0 Å². The molecule has 1 saturated heterocycles. The Morgan fingerprint density at radius 3 is 2.57 bits per heavy atom. The van der Waals surface area contributed by atoms with E-state index in [1.807, 2.05) is 19.1 Å². The molecule has 3 aromatic rings. The van der Waals surface area contributed by atoms with Crippen LogP contribution in [-0.2, 0) is 13.0 Å². The largest absolute Gasteiger partial charge is 0.365 e. The van der Waals surface area contributed by atoms with Gasteiger partial charge in [-0.15, -0.1) is 0 Å². The molecule has 5 rings (SSSR count). The zero-order valence-electron chi connectivity index (χ0n) is 16.1. The van der Waals surface area contributed by atoms with Gasteiger partial charge in [0.1, 0.15) is 11.6 Å². The Morgan fingerprint density at radius 2 is 1.75 bits per heavy atom. The fourth-order valence-corrected chi connectivity index (χ4v) is 4.69. The van der Waals surface area contributed by atoms with E-state index < -0.39 is 0 Å². The van der Waals surface area contributed by atoms with Crippen molar-refractivity contribution in [2.45, 2.75) is 19.9 Å². The number of aryl methyl sites for hydroxylation is 1. The first-order valence-electron chi connectivity index (χ1n) is 9.95. The molecule has 0 saturated carbocycles. The maximum atomic E-state index is 6.57. The summed E-state index contributed by atoms with van der Waals surface area (Å²) < 4.78 is 0. The lowest BCUT2D eigenvalue weighted by Crippen LogP contribution is -2.45. The molecule has 0 atom stereocenters. The molecule has 144 valence electrons. The molecule has 1 fully saturated rings. The van der Waals surface area contributed by atoms with E-state index >= 15 is 0 Å². The Morgan fingerprint density at radius 1 is 0.964 bits per heavy atom. The van der Waals surface area contributed by atoms with E-state index in [-0.39, 0.29) is 0 Å². The van der Waals surface area contributed by atoms with Crippen LogP contribution in [0, 0.1) is 6.92 Å². The fraction of sp³-hybridized carbons (Fsp3) is 0.364. The van der Waals surface area contributed by atoms with Gasteiger partial charge in [0.2, 0.25) is 0 Å². The molecule has 0 amide bonds. The first-order chi connectivity index (χ1) is 13.7.